The van der Waals surface area contributed by atoms with Crippen LogP contribution in [0.25, 0.3) is 0 Å². The van der Waals surface area contributed by atoms with E-state index >= 15 is 0 Å². The van der Waals surface area contributed by atoms with Crippen LogP contribution in [0.5, 0.6) is 0 Å². The number of nitrogens with zero attached hydrogens (tertiary/aromatic N) is 1. The highest BCUT2D eigenvalue weighted by atomic mass is 16.2. The fourth-order valence-electron chi connectivity index (χ4n) is 3.54. The summed E-state index contributed by atoms with van der Waals surface area (Å²) in [4.78, 5) is 24.6. The molecule has 2 aliphatic carbocycles. The molecule has 14 heavy (non-hydrogen) atoms. The second-order valence-electron chi connectivity index (χ2n) is 4.53. The number of imide groups is 1. The first-order valence-electron chi connectivity index (χ1n) is 5.08. The van der Waals surface area contributed by atoms with E-state index in [0.717, 1.165) is 24.2 Å². The van der Waals surface area contributed by atoms with Crippen molar-refractivity contribution in [2.45, 2.75) is 19.3 Å². The van der Waals surface area contributed by atoms with Gasteiger partial charge in [-0.1, -0.05) is 6.42 Å². The van der Waals surface area contributed by atoms with Gasteiger partial charge in [0.15, 0.2) is 0 Å². The summed E-state index contributed by atoms with van der Waals surface area (Å²) in [5, 5.41) is 0. The molecule has 0 aromatic carbocycles. The van der Waals surface area contributed by atoms with Crippen molar-refractivity contribution in [3.8, 4) is 12.5 Å². The number of amides is 2. The van der Waals surface area contributed by atoms with Gasteiger partial charge in [0.1, 0.15) is 0 Å². The smallest absolute Gasteiger partial charge is 0.245 e. The highest BCUT2D eigenvalue weighted by Crippen LogP contribution is 2.55. The molecule has 3 rings (SSSR count). The van der Waals surface area contributed by atoms with Crippen LogP contribution >= 0.6 is 0 Å². The average Bonchev–Trinajstić information content (AvgIpc) is 2.80. The molecule has 0 aromatic rings. The predicted molar refractivity (Wildman–Crippen MR) is 48.5 cm³/mol. The minimum absolute atomic E-state index is 0.0719. The Balaban J connectivity index is 2.03. The summed E-state index contributed by atoms with van der Waals surface area (Å²) in [6.45, 7) is 0. The molecule has 2 saturated carbocycles. The second-order valence-corrected chi connectivity index (χ2v) is 4.53. The highest BCUT2D eigenvalue weighted by molar-refractivity contribution is 6.07. The van der Waals surface area contributed by atoms with Gasteiger partial charge in [-0.05, 0) is 31.1 Å². The lowest BCUT2D eigenvalue weighted by molar-refractivity contribution is -0.136. The van der Waals surface area contributed by atoms with Gasteiger partial charge in [0, 0.05) is 6.04 Å². The Bertz CT molecular complexity index is 340. The predicted octanol–water partition coefficient (Wildman–Crippen LogP) is 0.608. The topological polar surface area (TPSA) is 37.4 Å². The molecule has 1 aliphatic heterocycles. The standard InChI is InChI=1S/C11H11NO2/c1-2-12-10(13)8-6-3-4-7(5-6)9(8)11(12)14/h1,6-9H,3-5H2/t6-,7+,8+,9-. The minimum Gasteiger partial charge on any atom is -0.273 e. The molecule has 3 fully saturated rings. The Morgan fingerprint density at radius 3 is 2.07 bits per heavy atom. The van der Waals surface area contributed by atoms with Crippen molar-refractivity contribution in [1.29, 1.82) is 0 Å². The van der Waals surface area contributed by atoms with Crippen LogP contribution in [-0.4, -0.2) is 16.7 Å². The third-order valence-corrected chi connectivity index (χ3v) is 4.06. The number of terminal acetylenes is 1. The summed E-state index contributed by atoms with van der Waals surface area (Å²) in [5.41, 5.74) is 0. The van der Waals surface area contributed by atoms with Gasteiger partial charge in [-0.25, -0.2) is 4.90 Å². The molecule has 4 atom stereocenters. The number of rotatable bonds is 0. The van der Waals surface area contributed by atoms with Gasteiger partial charge >= 0.3 is 0 Å². The van der Waals surface area contributed by atoms with Crippen molar-refractivity contribution in [3.05, 3.63) is 0 Å². The molecule has 0 radical (unpaired) electrons. The first-order valence-corrected chi connectivity index (χ1v) is 5.08. The molecule has 3 aliphatic rings. The molecule has 3 nitrogen and oxygen atoms in total. The van der Waals surface area contributed by atoms with Crippen LogP contribution in [0, 0.1) is 36.1 Å². The Morgan fingerprint density at radius 2 is 1.64 bits per heavy atom. The summed E-state index contributed by atoms with van der Waals surface area (Å²) in [6, 6.07) is 2.20. The highest BCUT2D eigenvalue weighted by Gasteiger charge is 2.60. The molecule has 0 aromatic heterocycles. The van der Waals surface area contributed by atoms with E-state index in [1.807, 2.05) is 0 Å². The van der Waals surface area contributed by atoms with Gasteiger partial charge in [0.05, 0.1) is 11.8 Å². The van der Waals surface area contributed by atoms with Crippen molar-refractivity contribution < 1.29 is 9.59 Å². The maximum absolute atomic E-state index is 11.8. The Hall–Kier alpha value is -1.30. The first kappa shape index (κ1) is 8.05. The normalized spacial score (nSPS) is 44.4. The fourth-order valence-corrected chi connectivity index (χ4v) is 3.54. The van der Waals surface area contributed by atoms with E-state index < -0.39 is 0 Å². The number of carbonyl (C=O) groups excluding carboxylic acids is 2. The molecule has 0 unspecified atom stereocenters. The van der Waals surface area contributed by atoms with Crippen LogP contribution in [0.4, 0.5) is 0 Å². The van der Waals surface area contributed by atoms with E-state index in [1.165, 1.54) is 0 Å². The number of likely N-dealkylation sites (tertiary alicyclic amines) is 1. The molecular weight excluding hydrogens is 178 g/mol. The molecule has 1 heterocycles. The van der Waals surface area contributed by atoms with E-state index in [4.69, 9.17) is 6.42 Å². The van der Waals surface area contributed by atoms with Crippen molar-refractivity contribution in [3.63, 3.8) is 0 Å². The monoisotopic (exact) mass is 189 g/mol. The zero-order valence-electron chi connectivity index (χ0n) is 7.77. The first-order chi connectivity index (χ1) is 6.74. The van der Waals surface area contributed by atoms with E-state index in [9.17, 15) is 9.59 Å². The molecule has 2 bridgehead atoms. The molecule has 0 N–H and O–H groups in total. The molecule has 2 amide bonds. The van der Waals surface area contributed by atoms with E-state index in [2.05, 4.69) is 6.04 Å². The van der Waals surface area contributed by atoms with Crippen LogP contribution < -0.4 is 0 Å². The minimum atomic E-state index is -0.116. The number of carbonyl (C=O) groups is 2. The largest absolute Gasteiger partial charge is 0.273 e. The second kappa shape index (κ2) is 2.38. The summed E-state index contributed by atoms with van der Waals surface area (Å²) in [6.07, 6.45) is 8.43. The summed E-state index contributed by atoms with van der Waals surface area (Å²) >= 11 is 0. The third-order valence-electron chi connectivity index (χ3n) is 4.06. The molecule has 1 saturated heterocycles. The maximum atomic E-state index is 11.8. The molecular formula is C11H11NO2. The lowest BCUT2D eigenvalue weighted by atomic mass is 9.81. The fraction of sp³-hybridized carbons (Fsp3) is 0.636. The summed E-state index contributed by atoms with van der Waals surface area (Å²) < 4.78 is 0. The van der Waals surface area contributed by atoms with Crippen molar-refractivity contribution in [1.82, 2.24) is 4.90 Å². The average molecular weight is 189 g/mol. The molecule has 3 heteroatoms. The third kappa shape index (κ3) is 0.708. The lowest BCUT2D eigenvalue weighted by Crippen LogP contribution is -2.27. The number of hydrogen-bond acceptors (Lipinski definition) is 2. The van der Waals surface area contributed by atoms with Crippen LogP contribution in [0.3, 0.4) is 0 Å². The lowest BCUT2D eigenvalue weighted by Gasteiger charge is -2.19. The van der Waals surface area contributed by atoms with E-state index in [-0.39, 0.29) is 23.7 Å². The van der Waals surface area contributed by atoms with Crippen molar-refractivity contribution in [2.75, 3.05) is 0 Å². The Morgan fingerprint density at radius 1 is 1.14 bits per heavy atom. The number of fused-ring (bicyclic) bond motifs is 5. The van der Waals surface area contributed by atoms with Gasteiger partial charge in [-0.15, -0.1) is 0 Å². The quantitative estimate of drug-likeness (QED) is 0.413. The zero-order valence-corrected chi connectivity index (χ0v) is 7.77. The van der Waals surface area contributed by atoms with Crippen LogP contribution in [0.2, 0.25) is 0 Å². The van der Waals surface area contributed by atoms with Gasteiger partial charge in [0.2, 0.25) is 11.8 Å². The SMILES string of the molecule is C#CN1C(=O)[C@@H]2[C@H]3CC[C@H](C3)[C@@H]2C1=O. The van der Waals surface area contributed by atoms with Gasteiger partial charge < -0.3 is 0 Å². The van der Waals surface area contributed by atoms with Crippen molar-refractivity contribution >= 4 is 11.8 Å². The van der Waals surface area contributed by atoms with Crippen LogP contribution in [0.15, 0.2) is 0 Å². The van der Waals surface area contributed by atoms with Crippen LogP contribution in [-0.2, 0) is 9.59 Å². The Kier molecular flexibility index (Phi) is 1.37. The van der Waals surface area contributed by atoms with Gasteiger partial charge in [-0.3, -0.25) is 9.59 Å². The number of hydrogen-bond donors (Lipinski definition) is 0. The summed E-state index contributed by atoms with van der Waals surface area (Å²) in [5.74, 6) is 0.485. The molecule has 0 spiro atoms. The molecule has 72 valence electrons. The van der Waals surface area contributed by atoms with Gasteiger partial charge in [0.25, 0.3) is 0 Å². The zero-order chi connectivity index (χ0) is 9.87. The van der Waals surface area contributed by atoms with Gasteiger partial charge in [-0.2, -0.15) is 0 Å². The summed E-state index contributed by atoms with van der Waals surface area (Å²) in [7, 11) is 0. The Labute approximate surface area is 82.5 Å². The van der Waals surface area contributed by atoms with Crippen LogP contribution in [0.1, 0.15) is 19.3 Å². The maximum Gasteiger partial charge on any atom is 0.245 e. The van der Waals surface area contributed by atoms with E-state index in [0.29, 0.717) is 11.8 Å². The van der Waals surface area contributed by atoms with Crippen molar-refractivity contribution in [2.24, 2.45) is 23.7 Å². The van der Waals surface area contributed by atoms with E-state index in [1.54, 1.807) is 0 Å².